The summed E-state index contributed by atoms with van der Waals surface area (Å²) in [7, 11) is 4.62. The molecule has 3 rings (SSSR count). The number of carbonyl (C=O) groups is 1. The van der Waals surface area contributed by atoms with Gasteiger partial charge in [-0.1, -0.05) is 60.7 Å². The Morgan fingerprint density at radius 3 is 1.73 bits per heavy atom. The molecule has 6 heteroatoms. The van der Waals surface area contributed by atoms with Crippen molar-refractivity contribution in [3.05, 3.63) is 83.9 Å². The van der Waals surface area contributed by atoms with Gasteiger partial charge in [0.25, 0.3) is 0 Å². The van der Waals surface area contributed by atoms with E-state index >= 15 is 0 Å². The zero-order valence-electron chi connectivity index (χ0n) is 17.3. The van der Waals surface area contributed by atoms with E-state index in [0.29, 0.717) is 22.9 Å². The van der Waals surface area contributed by atoms with Gasteiger partial charge in [-0.2, -0.15) is 0 Å². The minimum absolute atomic E-state index is 0.104. The molecule has 0 heterocycles. The first-order valence-electron chi connectivity index (χ1n) is 9.59. The van der Waals surface area contributed by atoms with E-state index in [1.165, 1.54) is 14.2 Å². The first-order chi connectivity index (χ1) is 14.7. The highest BCUT2D eigenvalue weighted by atomic mass is 16.5. The molecule has 156 valence electrons. The maximum atomic E-state index is 12.8. The molecule has 0 fully saturated rings. The minimum atomic E-state index is -0.214. The Labute approximate surface area is 176 Å². The lowest BCUT2D eigenvalue weighted by atomic mass is 9.99. The van der Waals surface area contributed by atoms with Gasteiger partial charge in [0, 0.05) is 12.1 Å². The predicted molar refractivity (Wildman–Crippen MR) is 117 cm³/mol. The second-order valence-electron chi connectivity index (χ2n) is 6.59. The van der Waals surface area contributed by atoms with Gasteiger partial charge in [-0.05, 0) is 11.1 Å². The van der Waals surface area contributed by atoms with Crippen LogP contribution >= 0.6 is 0 Å². The average Bonchev–Trinajstić information content (AvgIpc) is 2.80. The van der Waals surface area contributed by atoms with Gasteiger partial charge >= 0.3 is 0 Å². The highest BCUT2D eigenvalue weighted by Crippen LogP contribution is 2.38. The van der Waals surface area contributed by atoms with Crippen molar-refractivity contribution >= 4 is 11.6 Å². The number of benzene rings is 3. The molecule has 0 aliphatic carbocycles. The number of ether oxygens (including phenoxy) is 3. The lowest BCUT2D eigenvalue weighted by Crippen LogP contribution is -2.32. The first kappa shape index (κ1) is 21.2. The number of amides is 1. The largest absolute Gasteiger partial charge is 0.496 e. The van der Waals surface area contributed by atoms with Crippen molar-refractivity contribution in [1.82, 2.24) is 5.32 Å². The van der Waals surface area contributed by atoms with Crippen LogP contribution in [0.25, 0.3) is 0 Å². The van der Waals surface area contributed by atoms with Crippen molar-refractivity contribution in [1.29, 1.82) is 0 Å². The second-order valence-corrected chi connectivity index (χ2v) is 6.59. The molecule has 0 aromatic heterocycles. The Kier molecular flexibility index (Phi) is 7.29. The number of hydrogen-bond donors (Lipinski definition) is 2. The molecule has 0 aliphatic rings. The molecule has 1 amide bonds. The lowest BCUT2D eigenvalue weighted by molar-refractivity contribution is -0.115. The van der Waals surface area contributed by atoms with Gasteiger partial charge in [-0.15, -0.1) is 0 Å². The summed E-state index contributed by atoms with van der Waals surface area (Å²) in [5.41, 5.74) is 2.62. The second kappa shape index (κ2) is 10.3. The topological polar surface area (TPSA) is 68.8 Å². The molecule has 3 aromatic carbocycles. The lowest BCUT2D eigenvalue weighted by Gasteiger charge is -2.20. The Bertz CT molecular complexity index is 897. The third kappa shape index (κ3) is 5.10. The molecule has 0 saturated heterocycles. The van der Waals surface area contributed by atoms with Crippen LogP contribution in [-0.2, 0) is 4.79 Å². The number of rotatable bonds is 9. The van der Waals surface area contributed by atoms with E-state index in [1.807, 2.05) is 60.7 Å². The van der Waals surface area contributed by atoms with E-state index in [9.17, 15) is 4.79 Å². The summed E-state index contributed by atoms with van der Waals surface area (Å²) in [6.07, 6.45) is 0. The van der Waals surface area contributed by atoms with E-state index in [2.05, 4.69) is 10.6 Å². The van der Waals surface area contributed by atoms with Gasteiger partial charge in [0.15, 0.2) is 0 Å². The van der Waals surface area contributed by atoms with Crippen molar-refractivity contribution in [3.8, 4) is 17.2 Å². The molecular formula is C24H26N2O4. The Morgan fingerprint density at radius 1 is 0.800 bits per heavy atom. The smallest absolute Gasteiger partial charge is 0.238 e. The van der Waals surface area contributed by atoms with E-state index in [-0.39, 0.29) is 18.5 Å². The van der Waals surface area contributed by atoms with E-state index < -0.39 is 0 Å². The van der Waals surface area contributed by atoms with Crippen LogP contribution in [0.15, 0.2) is 72.8 Å². The Morgan fingerprint density at radius 2 is 1.30 bits per heavy atom. The fraction of sp³-hybridized carbons (Fsp3) is 0.208. The molecule has 0 spiro atoms. The fourth-order valence-corrected chi connectivity index (χ4v) is 3.23. The maximum absolute atomic E-state index is 12.8. The first-order valence-corrected chi connectivity index (χ1v) is 9.59. The zero-order valence-corrected chi connectivity index (χ0v) is 17.3. The highest BCUT2D eigenvalue weighted by molar-refractivity contribution is 5.95. The standard InChI is InChI=1S/C24H26N2O4/c1-28-19-14-20(29-2)24(21(15-19)30-3)26-22(27)16-25-23(17-10-6-4-7-11-17)18-12-8-5-9-13-18/h4-15,23,25H,16H2,1-3H3,(H,26,27). The molecule has 0 unspecified atom stereocenters. The van der Waals surface area contributed by atoms with E-state index in [1.54, 1.807) is 19.2 Å². The maximum Gasteiger partial charge on any atom is 0.238 e. The Hall–Kier alpha value is -3.51. The van der Waals surface area contributed by atoms with Crippen LogP contribution in [0.2, 0.25) is 0 Å². The number of nitrogens with one attached hydrogen (secondary N) is 2. The van der Waals surface area contributed by atoms with Crippen LogP contribution in [0, 0.1) is 0 Å². The molecule has 0 atom stereocenters. The molecule has 0 bridgehead atoms. The van der Waals surface area contributed by atoms with Crippen molar-refractivity contribution in [2.45, 2.75) is 6.04 Å². The number of anilines is 1. The molecule has 30 heavy (non-hydrogen) atoms. The van der Waals surface area contributed by atoms with Gasteiger partial charge in [-0.25, -0.2) is 0 Å². The highest BCUT2D eigenvalue weighted by Gasteiger charge is 2.18. The molecule has 2 N–H and O–H groups in total. The zero-order chi connectivity index (χ0) is 21.3. The van der Waals surface area contributed by atoms with Gasteiger partial charge in [0.05, 0.1) is 33.9 Å². The van der Waals surface area contributed by atoms with Crippen LogP contribution in [-0.4, -0.2) is 33.8 Å². The number of carbonyl (C=O) groups excluding carboxylic acids is 1. The molecule has 0 radical (unpaired) electrons. The van der Waals surface area contributed by atoms with Crippen LogP contribution < -0.4 is 24.8 Å². The molecule has 6 nitrogen and oxygen atoms in total. The normalized spacial score (nSPS) is 10.5. The Balaban J connectivity index is 1.77. The molecular weight excluding hydrogens is 380 g/mol. The van der Waals surface area contributed by atoms with Crippen molar-refractivity contribution in [2.75, 3.05) is 33.2 Å². The van der Waals surface area contributed by atoms with Crippen LogP contribution in [0.3, 0.4) is 0 Å². The van der Waals surface area contributed by atoms with E-state index in [4.69, 9.17) is 14.2 Å². The SMILES string of the molecule is COc1cc(OC)c(NC(=O)CNC(c2ccccc2)c2ccccc2)c(OC)c1. The van der Waals surface area contributed by atoms with Crippen LogP contribution in [0.4, 0.5) is 5.69 Å². The van der Waals surface area contributed by atoms with Gasteiger partial charge < -0.3 is 19.5 Å². The molecule has 0 aliphatic heterocycles. The number of hydrogen-bond acceptors (Lipinski definition) is 5. The summed E-state index contributed by atoms with van der Waals surface area (Å²) in [6, 6.07) is 23.3. The summed E-state index contributed by atoms with van der Waals surface area (Å²) >= 11 is 0. The van der Waals surface area contributed by atoms with Crippen molar-refractivity contribution < 1.29 is 19.0 Å². The quantitative estimate of drug-likeness (QED) is 0.562. The van der Waals surface area contributed by atoms with Crippen LogP contribution in [0.5, 0.6) is 17.2 Å². The third-order valence-electron chi connectivity index (χ3n) is 4.71. The summed E-state index contributed by atoms with van der Waals surface area (Å²) in [6.45, 7) is 0.104. The summed E-state index contributed by atoms with van der Waals surface area (Å²) in [5.74, 6) is 1.28. The summed E-state index contributed by atoms with van der Waals surface area (Å²) in [5, 5.41) is 6.24. The van der Waals surface area contributed by atoms with Crippen molar-refractivity contribution in [3.63, 3.8) is 0 Å². The molecule has 0 saturated carbocycles. The van der Waals surface area contributed by atoms with Gasteiger partial charge in [0.1, 0.15) is 22.9 Å². The van der Waals surface area contributed by atoms with Crippen molar-refractivity contribution in [2.24, 2.45) is 0 Å². The summed E-state index contributed by atoms with van der Waals surface area (Å²) < 4.78 is 16.1. The molecule has 3 aromatic rings. The van der Waals surface area contributed by atoms with Gasteiger partial charge in [-0.3, -0.25) is 10.1 Å². The van der Waals surface area contributed by atoms with Gasteiger partial charge in [0.2, 0.25) is 5.91 Å². The predicted octanol–water partition coefficient (Wildman–Crippen LogP) is 4.03. The minimum Gasteiger partial charge on any atom is -0.496 e. The number of methoxy groups -OCH3 is 3. The summed E-state index contributed by atoms with van der Waals surface area (Å²) in [4.78, 5) is 12.8. The monoisotopic (exact) mass is 406 g/mol. The third-order valence-corrected chi connectivity index (χ3v) is 4.71. The van der Waals surface area contributed by atoms with E-state index in [0.717, 1.165) is 11.1 Å². The fourth-order valence-electron chi connectivity index (χ4n) is 3.23. The van der Waals surface area contributed by atoms with Crippen LogP contribution in [0.1, 0.15) is 17.2 Å². The average molecular weight is 406 g/mol.